The second-order valence-corrected chi connectivity index (χ2v) is 7.23. The lowest BCUT2D eigenvalue weighted by atomic mass is 9.85. The lowest BCUT2D eigenvalue weighted by molar-refractivity contribution is -0.140. The highest BCUT2D eigenvalue weighted by Crippen LogP contribution is 2.52. The minimum absolute atomic E-state index is 0.0104. The Balaban J connectivity index is 1.32. The molecule has 3 fully saturated rings. The van der Waals surface area contributed by atoms with Crippen LogP contribution in [0.2, 0.25) is 0 Å². The van der Waals surface area contributed by atoms with Gasteiger partial charge in [-0.2, -0.15) is 0 Å². The number of nitrogens with zero attached hydrogens (tertiary/aromatic N) is 3. The summed E-state index contributed by atoms with van der Waals surface area (Å²) in [7, 11) is 0. The van der Waals surface area contributed by atoms with E-state index in [2.05, 4.69) is 28.1 Å². The molecule has 0 N–H and O–H groups in total. The van der Waals surface area contributed by atoms with Gasteiger partial charge in [-0.25, -0.2) is 9.98 Å². The number of imide groups is 1. The third-order valence-corrected chi connectivity index (χ3v) is 5.88. The Hall–Kier alpha value is -1.74. The molecule has 2 amide bonds. The molecule has 1 aliphatic heterocycles. The predicted octanol–water partition coefficient (Wildman–Crippen LogP) is 2.30. The highest BCUT2D eigenvalue weighted by atomic mass is 16.2. The van der Waals surface area contributed by atoms with Gasteiger partial charge in [0.25, 0.3) is 0 Å². The van der Waals surface area contributed by atoms with Crippen molar-refractivity contribution in [3.8, 4) is 0 Å². The van der Waals surface area contributed by atoms with E-state index in [1.807, 2.05) is 0 Å². The smallest absolute Gasteiger partial charge is 0.233 e. The van der Waals surface area contributed by atoms with E-state index in [9.17, 15) is 9.59 Å². The molecule has 122 valence electrons. The van der Waals surface area contributed by atoms with Gasteiger partial charge in [0.15, 0.2) is 0 Å². The molecule has 0 aromatic heterocycles. The summed E-state index contributed by atoms with van der Waals surface area (Å²) in [5.74, 6) is 0.382. The van der Waals surface area contributed by atoms with Crippen LogP contribution in [0.15, 0.2) is 22.1 Å². The molecule has 5 heteroatoms. The molecule has 5 nitrogen and oxygen atoms in total. The summed E-state index contributed by atoms with van der Waals surface area (Å²) in [4.78, 5) is 34.9. The quantitative estimate of drug-likeness (QED) is 0.454. The summed E-state index contributed by atoms with van der Waals surface area (Å²) in [6.45, 7) is 0.785. The number of allylic oxidation sites excluding steroid dienone is 2. The molecule has 1 heterocycles. The van der Waals surface area contributed by atoms with Crippen LogP contribution in [0.3, 0.4) is 0 Å². The number of likely N-dealkylation sites (tertiary alicyclic amines) is 1. The van der Waals surface area contributed by atoms with Crippen LogP contribution in [0, 0.1) is 23.7 Å². The molecule has 0 aromatic carbocycles. The van der Waals surface area contributed by atoms with Crippen molar-refractivity contribution in [1.29, 1.82) is 0 Å². The number of rotatable bonds is 4. The second-order valence-electron chi connectivity index (χ2n) is 7.23. The van der Waals surface area contributed by atoms with E-state index in [4.69, 9.17) is 0 Å². The van der Waals surface area contributed by atoms with Crippen molar-refractivity contribution >= 4 is 17.8 Å². The van der Waals surface area contributed by atoms with Crippen LogP contribution in [0.5, 0.6) is 0 Å². The number of amides is 2. The van der Waals surface area contributed by atoms with Crippen LogP contribution in [0.25, 0.3) is 0 Å². The average molecular weight is 313 g/mol. The molecular formula is C18H23N3O2. The zero-order chi connectivity index (χ0) is 15.8. The van der Waals surface area contributed by atoms with Crippen molar-refractivity contribution in [2.75, 3.05) is 13.1 Å². The maximum absolute atomic E-state index is 12.5. The van der Waals surface area contributed by atoms with Gasteiger partial charge in [-0.15, -0.1) is 0 Å². The Morgan fingerprint density at radius 1 is 1.04 bits per heavy atom. The van der Waals surface area contributed by atoms with E-state index in [-0.39, 0.29) is 35.5 Å². The highest BCUT2D eigenvalue weighted by molar-refractivity contribution is 6.06. The first kappa shape index (κ1) is 14.8. The molecule has 4 rings (SSSR count). The van der Waals surface area contributed by atoms with Crippen LogP contribution in [0.4, 0.5) is 0 Å². The van der Waals surface area contributed by atoms with Crippen LogP contribution in [-0.4, -0.2) is 41.9 Å². The van der Waals surface area contributed by atoms with Crippen LogP contribution in [0.1, 0.15) is 38.5 Å². The molecule has 1 saturated heterocycles. The molecule has 2 saturated carbocycles. The van der Waals surface area contributed by atoms with E-state index in [0.717, 1.165) is 19.3 Å². The monoisotopic (exact) mass is 313 g/mol. The molecule has 4 atom stereocenters. The maximum Gasteiger partial charge on any atom is 0.233 e. The fraction of sp³-hybridized carbons (Fsp3) is 0.722. The van der Waals surface area contributed by atoms with Gasteiger partial charge in [0, 0.05) is 6.54 Å². The van der Waals surface area contributed by atoms with Crippen LogP contribution >= 0.6 is 0 Å². The van der Waals surface area contributed by atoms with Gasteiger partial charge in [-0.3, -0.25) is 14.5 Å². The van der Waals surface area contributed by atoms with E-state index in [1.54, 1.807) is 0 Å². The molecule has 3 aliphatic carbocycles. The second kappa shape index (κ2) is 6.04. The molecule has 4 aliphatic rings. The van der Waals surface area contributed by atoms with Gasteiger partial charge in [-0.05, 0) is 31.1 Å². The van der Waals surface area contributed by atoms with Gasteiger partial charge in [-0.1, -0.05) is 31.4 Å². The fourth-order valence-corrected chi connectivity index (χ4v) is 4.72. The summed E-state index contributed by atoms with van der Waals surface area (Å²) < 4.78 is 0. The number of hydrogen-bond donors (Lipinski definition) is 0. The Kier molecular flexibility index (Phi) is 3.90. The summed E-state index contributed by atoms with van der Waals surface area (Å²) >= 11 is 0. The molecule has 0 aromatic rings. The van der Waals surface area contributed by atoms with Crippen molar-refractivity contribution in [3.63, 3.8) is 0 Å². The van der Waals surface area contributed by atoms with Gasteiger partial charge in [0.2, 0.25) is 11.8 Å². The molecule has 0 radical (unpaired) electrons. The largest absolute Gasteiger partial charge is 0.280 e. The number of aliphatic imine (C=N–C) groups is 2. The van der Waals surface area contributed by atoms with E-state index in [0.29, 0.717) is 19.1 Å². The third-order valence-electron chi connectivity index (χ3n) is 5.88. The van der Waals surface area contributed by atoms with E-state index >= 15 is 0 Å². The first-order chi connectivity index (χ1) is 11.3. The lowest BCUT2D eigenvalue weighted by Crippen LogP contribution is -2.35. The van der Waals surface area contributed by atoms with Crippen molar-refractivity contribution in [1.82, 2.24) is 4.90 Å². The normalized spacial score (nSPS) is 35.6. The van der Waals surface area contributed by atoms with Crippen molar-refractivity contribution in [2.24, 2.45) is 33.7 Å². The fourth-order valence-electron chi connectivity index (χ4n) is 4.72. The Morgan fingerprint density at radius 2 is 1.70 bits per heavy atom. The zero-order valence-corrected chi connectivity index (χ0v) is 13.4. The minimum Gasteiger partial charge on any atom is -0.280 e. The maximum atomic E-state index is 12.5. The summed E-state index contributed by atoms with van der Waals surface area (Å²) in [6, 6.07) is 3.14. The molecular weight excluding hydrogens is 290 g/mol. The van der Waals surface area contributed by atoms with Gasteiger partial charge in [0.05, 0.1) is 30.4 Å². The lowest BCUT2D eigenvalue weighted by Gasteiger charge is -2.16. The van der Waals surface area contributed by atoms with Crippen molar-refractivity contribution < 1.29 is 9.59 Å². The zero-order valence-electron chi connectivity index (χ0n) is 13.4. The van der Waals surface area contributed by atoms with Gasteiger partial charge >= 0.3 is 0 Å². The molecule has 3 unspecified atom stereocenters. The SMILES string of the molecule is O=C1C2C3C=C[C@@H](C3)C2C(=O)N1CCN=C=NC1CCCCC1. The number of hydrogen-bond acceptors (Lipinski definition) is 4. The standard InChI is InChI=1S/C18H23N3O2/c22-17-15-12-6-7-13(10-12)16(15)18(23)21(17)9-8-19-11-20-14-4-2-1-3-5-14/h6-7,12-16H,1-5,8-10H2/t12-,13?,15?,16?/m0/s1. The Labute approximate surface area is 136 Å². The van der Waals surface area contributed by atoms with Crippen LogP contribution < -0.4 is 0 Å². The van der Waals surface area contributed by atoms with Crippen LogP contribution in [-0.2, 0) is 9.59 Å². The highest BCUT2D eigenvalue weighted by Gasteiger charge is 2.58. The average Bonchev–Trinajstić information content (AvgIpc) is 3.24. The third kappa shape index (κ3) is 2.57. The first-order valence-electron chi connectivity index (χ1n) is 8.90. The first-order valence-corrected chi connectivity index (χ1v) is 8.90. The van der Waals surface area contributed by atoms with Crippen molar-refractivity contribution in [3.05, 3.63) is 12.2 Å². The Bertz CT molecular complexity index is 569. The Morgan fingerprint density at radius 3 is 2.35 bits per heavy atom. The predicted molar refractivity (Wildman–Crippen MR) is 86.0 cm³/mol. The number of fused-ring (bicyclic) bond motifs is 5. The topological polar surface area (TPSA) is 62.1 Å². The number of carbonyl (C=O) groups excluding carboxylic acids is 2. The van der Waals surface area contributed by atoms with Crippen molar-refractivity contribution in [2.45, 2.75) is 44.6 Å². The minimum atomic E-state index is -0.0996. The molecule has 23 heavy (non-hydrogen) atoms. The summed E-state index contributed by atoms with van der Waals surface area (Å²) in [5, 5.41) is 0. The summed E-state index contributed by atoms with van der Waals surface area (Å²) in [6.07, 6.45) is 11.3. The number of carbonyl (C=O) groups is 2. The van der Waals surface area contributed by atoms with Gasteiger partial charge in [0.1, 0.15) is 0 Å². The molecule has 2 bridgehead atoms. The summed E-state index contributed by atoms with van der Waals surface area (Å²) in [5.41, 5.74) is 0. The molecule has 0 spiro atoms. The van der Waals surface area contributed by atoms with E-state index in [1.165, 1.54) is 24.2 Å². The van der Waals surface area contributed by atoms with E-state index < -0.39 is 0 Å². The van der Waals surface area contributed by atoms with Gasteiger partial charge < -0.3 is 0 Å².